The second-order valence-corrected chi connectivity index (χ2v) is 10.1. The molecule has 0 spiro atoms. The van der Waals surface area contributed by atoms with Crippen LogP contribution in [-0.2, 0) is 10.0 Å². The van der Waals surface area contributed by atoms with E-state index in [-0.39, 0.29) is 38.7 Å². The Morgan fingerprint density at radius 3 is 2.46 bits per heavy atom. The fourth-order valence-electron chi connectivity index (χ4n) is 3.81. The number of pyridine rings is 1. The average molecular weight is 532 g/mol. The molecule has 7 nitrogen and oxygen atoms in total. The number of rotatable bonds is 5. The molecule has 2 heterocycles. The molecule has 10 heteroatoms. The minimum Gasteiger partial charge on any atom is -0.422 e. The van der Waals surface area contributed by atoms with Crippen LogP contribution in [0.5, 0.6) is 0 Å². The molecule has 0 fully saturated rings. The van der Waals surface area contributed by atoms with Crippen molar-refractivity contribution < 1.29 is 17.2 Å². The van der Waals surface area contributed by atoms with Crippen molar-refractivity contribution in [1.29, 1.82) is 5.26 Å². The molecule has 5 rings (SSSR count). The van der Waals surface area contributed by atoms with Gasteiger partial charge in [0, 0.05) is 16.0 Å². The van der Waals surface area contributed by atoms with Gasteiger partial charge >= 0.3 is 5.63 Å². The molecule has 0 aliphatic rings. The molecule has 0 amide bonds. The highest BCUT2D eigenvalue weighted by molar-refractivity contribution is 7.92. The number of nitrogens with one attached hydrogen (secondary N) is 1. The van der Waals surface area contributed by atoms with E-state index in [1.54, 1.807) is 42.5 Å². The van der Waals surface area contributed by atoms with E-state index in [9.17, 15) is 22.9 Å². The van der Waals surface area contributed by atoms with Gasteiger partial charge in [0.15, 0.2) is 5.82 Å². The summed E-state index contributed by atoms with van der Waals surface area (Å²) in [6.45, 7) is 0. The highest BCUT2D eigenvalue weighted by Gasteiger charge is 2.22. The van der Waals surface area contributed by atoms with Gasteiger partial charge < -0.3 is 4.42 Å². The van der Waals surface area contributed by atoms with Crippen LogP contribution in [0, 0.1) is 17.1 Å². The second kappa shape index (κ2) is 9.50. The van der Waals surface area contributed by atoms with Gasteiger partial charge in [-0.1, -0.05) is 41.9 Å². The topological polar surface area (TPSA) is 113 Å². The van der Waals surface area contributed by atoms with Gasteiger partial charge in [0.1, 0.15) is 23.0 Å². The largest absolute Gasteiger partial charge is 0.422 e. The standard InChI is InChI=1S/C27H15ClFN3O4S/c28-18-6-4-5-16(11-18)21-14-24(22-13-17-12-19(29)9-10-25(17)36-27(22)33)31-26(23(21)15-30)32-37(34,35)20-7-2-1-3-8-20/h1-14H,(H,31,32). The molecule has 0 aliphatic carbocycles. The number of fused-ring (bicyclic) bond motifs is 1. The maximum Gasteiger partial charge on any atom is 0.345 e. The highest BCUT2D eigenvalue weighted by atomic mass is 35.5. The minimum absolute atomic E-state index is 0.0136. The molecule has 182 valence electrons. The quantitative estimate of drug-likeness (QED) is 0.279. The van der Waals surface area contributed by atoms with Crippen molar-refractivity contribution in [2.45, 2.75) is 4.90 Å². The van der Waals surface area contributed by atoms with E-state index in [0.717, 1.165) is 0 Å². The summed E-state index contributed by atoms with van der Waals surface area (Å²) in [6.07, 6.45) is 0. The zero-order chi connectivity index (χ0) is 26.2. The summed E-state index contributed by atoms with van der Waals surface area (Å²) in [6, 6.07) is 22.7. The minimum atomic E-state index is -4.14. The summed E-state index contributed by atoms with van der Waals surface area (Å²) >= 11 is 6.17. The first kappa shape index (κ1) is 24.2. The molecule has 37 heavy (non-hydrogen) atoms. The van der Waals surface area contributed by atoms with Crippen LogP contribution in [0.3, 0.4) is 0 Å². The lowest BCUT2D eigenvalue weighted by Gasteiger charge is -2.14. The number of aromatic nitrogens is 1. The second-order valence-electron chi connectivity index (χ2n) is 7.95. The number of halogens is 2. The summed E-state index contributed by atoms with van der Waals surface area (Å²) < 4.78 is 47.7. The molecule has 0 unspecified atom stereocenters. The third-order valence-electron chi connectivity index (χ3n) is 5.52. The summed E-state index contributed by atoms with van der Waals surface area (Å²) in [5.74, 6) is -0.825. The van der Waals surface area contributed by atoms with E-state index in [2.05, 4.69) is 9.71 Å². The number of hydrogen-bond donors (Lipinski definition) is 1. The summed E-state index contributed by atoms with van der Waals surface area (Å²) in [5, 5.41) is 10.7. The Hall–Kier alpha value is -4.52. The van der Waals surface area contributed by atoms with Gasteiger partial charge in [-0.2, -0.15) is 5.26 Å². The molecule has 3 aromatic carbocycles. The van der Waals surface area contributed by atoms with E-state index < -0.39 is 21.5 Å². The third kappa shape index (κ3) is 4.80. The summed E-state index contributed by atoms with van der Waals surface area (Å²) in [4.78, 5) is 17.1. The molecule has 0 aliphatic heterocycles. The molecule has 0 saturated heterocycles. The van der Waals surface area contributed by atoms with E-state index in [0.29, 0.717) is 16.0 Å². The van der Waals surface area contributed by atoms with Crippen LogP contribution in [0.1, 0.15) is 5.56 Å². The Morgan fingerprint density at radius 1 is 0.946 bits per heavy atom. The Balaban J connectivity index is 1.78. The lowest BCUT2D eigenvalue weighted by atomic mass is 9.98. The SMILES string of the molecule is N#Cc1c(-c2cccc(Cl)c2)cc(-c2cc3cc(F)ccc3oc2=O)nc1NS(=O)(=O)c1ccccc1. The highest BCUT2D eigenvalue weighted by Crippen LogP contribution is 2.34. The third-order valence-corrected chi connectivity index (χ3v) is 7.11. The van der Waals surface area contributed by atoms with E-state index in [1.807, 2.05) is 6.07 Å². The molecule has 1 N–H and O–H groups in total. The molecule has 0 atom stereocenters. The summed E-state index contributed by atoms with van der Waals surface area (Å²) in [7, 11) is -4.14. The summed E-state index contributed by atoms with van der Waals surface area (Å²) in [5.41, 5.74) is 0.0464. The number of nitriles is 1. The molecule has 0 radical (unpaired) electrons. The van der Waals surface area contributed by atoms with Gasteiger partial charge in [0.2, 0.25) is 0 Å². The van der Waals surface area contributed by atoms with E-state index >= 15 is 0 Å². The number of anilines is 1. The van der Waals surface area contributed by atoms with Crippen molar-refractivity contribution >= 4 is 38.4 Å². The number of hydrogen-bond acceptors (Lipinski definition) is 6. The van der Waals surface area contributed by atoms with Crippen molar-refractivity contribution in [3.8, 4) is 28.5 Å². The van der Waals surface area contributed by atoms with Gasteiger partial charge in [0.25, 0.3) is 10.0 Å². The Morgan fingerprint density at radius 2 is 1.73 bits per heavy atom. The van der Waals surface area contributed by atoms with Gasteiger partial charge in [-0.25, -0.2) is 22.6 Å². The van der Waals surface area contributed by atoms with Crippen molar-refractivity contribution in [2.75, 3.05) is 4.72 Å². The van der Waals surface area contributed by atoms with Gasteiger partial charge in [-0.3, -0.25) is 4.72 Å². The Bertz CT molecular complexity index is 1880. The van der Waals surface area contributed by atoms with Gasteiger partial charge in [-0.05, 0) is 60.2 Å². The van der Waals surface area contributed by atoms with Crippen LogP contribution in [0.25, 0.3) is 33.4 Å². The van der Waals surface area contributed by atoms with Crippen LogP contribution < -0.4 is 10.3 Å². The maximum atomic E-state index is 13.8. The normalized spacial score (nSPS) is 11.3. The average Bonchev–Trinajstić information content (AvgIpc) is 2.88. The predicted molar refractivity (Wildman–Crippen MR) is 138 cm³/mol. The number of sulfonamides is 1. The van der Waals surface area contributed by atoms with Gasteiger partial charge in [0.05, 0.1) is 16.2 Å². The fraction of sp³-hybridized carbons (Fsp3) is 0. The lowest BCUT2D eigenvalue weighted by Crippen LogP contribution is -2.16. The monoisotopic (exact) mass is 531 g/mol. The van der Waals surface area contributed by atoms with Crippen molar-refractivity contribution in [2.24, 2.45) is 0 Å². The van der Waals surface area contributed by atoms with E-state index in [4.69, 9.17) is 16.0 Å². The Labute approximate surface area is 215 Å². The van der Waals surface area contributed by atoms with Crippen molar-refractivity contribution in [3.63, 3.8) is 0 Å². The Kier molecular flexibility index (Phi) is 6.21. The van der Waals surface area contributed by atoms with Crippen LogP contribution in [0.2, 0.25) is 5.02 Å². The first-order chi connectivity index (χ1) is 17.7. The zero-order valence-electron chi connectivity index (χ0n) is 18.8. The maximum absolute atomic E-state index is 13.8. The molecule has 0 bridgehead atoms. The smallest absolute Gasteiger partial charge is 0.345 e. The predicted octanol–water partition coefficient (Wildman–Crippen LogP) is 5.99. The van der Waals surface area contributed by atoms with Crippen molar-refractivity contribution in [3.05, 3.63) is 112 Å². The van der Waals surface area contributed by atoms with Crippen LogP contribution in [-0.4, -0.2) is 13.4 Å². The first-order valence-electron chi connectivity index (χ1n) is 10.8. The lowest BCUT2D eigenvalue weighted by molar-refractivity contribution is 0.560. The van der Waals surface area contributed by atoms with Crippen LogP contribution >= 0.6 is 11.6 Å². The molecule has 2 aromatic heterocycles. The van der Waals surface area contributed by atoms with Crippen molar-refractivity contribution in [1.82, 2.24) is 4.98 Å². The molecular formula is C27H15ClFN3O4S. The van der Waals surface area contributed by atoms with E-state index in [1.165, 1.54) is 42.5 Å². The first-order valence-corrected chi connectivity index (χ1v) is 12.6. The van der Waals surface area contributed by atoms with Crippen LogP contribution in [0.15, 0.2) is 99.0 Å². The molecule has 5 aromatic rings. The number of benzene rings is 3. The van der Waals surface area contributed by atoms with Gasteiger partial charge in [-0.15, -0.1) is 0 Å². The number of nitrogens with zero attached hydrogens (tertiary/aromatic N) is 2. The molecular weight excluding hydrogens is 517 g/mol. The molecule has 0 saturated carbocycles. The van der Waals surface area contributed by atoms with Crippen LogP contribution in [0.4, 0.5) is 10.2 Å². The zero-order valence-corrected chi connectivity index (χ0v) is 20.3. The fourth-order valence-corrected chi connectivity index (χ4v) is 5.04.